The van der Waals surface area contributed by atoms with Gasteiger partial charge in [0.1, 0.15) is 5.69 Å². The minimum Gasteiger partial charge on any atom is -0.340 e. The molecule has 0 spiro atoms. The first-order valence-corrected chi connectivity index (χ1v) is 6.35. The third-order valence-electron chi connectivity index (χ3n) is 2.35. The molecular formula is C16H18N2O. The zero-order valence-electron chi connectivity index (χ0n) is 11.5. The molecule has 1 heterocycles. The normalized spacial score (nSPS) is 8.79. The van der Waals surface area contributed by atoms with E-state index in [0.29, 0.717) is 12.2 Å². The second-order valence-electron chi connectivity index (χ2n) is 3.50. The third-order valence-corrected chi connectivity index (χ3v) is 2.35. The maximum atomic E-state index is 11.7. The van der Waals surface area contributed by atoms with Gasteiger partial charge in [-0.2, -0.15) is 0 Å². The van der Waals surface area contributed by atoms with Gasteiger partial charge < -0.3 is 5.32 Å². The van der Waals surface area contributed by atoms with Gasteiger partial charge in [-0.05, 0) is 19.1 Å². The summed E-state index contributed by atoms with van der Waals surface area (Å²) in [7, 11) is 0. The van der Waals surface area contributed by atoms with Gasteiger partial charge in [-0.3, -0.25) is 4.79 Å². The molecule has 3 nitrogen and oxygen atoms in total. The molecule has 0 unspecified atom stereocenters. The molecule has 2 aromatic rings. The number of carbonyl (C=O) groups is 1. The van der Waals surface area contributed by atoms with E-state index >= 15 is 0 Å². The Bertz CT molecular complexity index is 609. The molecule has 1 aromatic carbocycles. The number of rotatable bonds is 2. The van der Waals surface area contributed by atoms with Crippen molar-refractivity contribution in [2.45, 2.75) is 20.8 Å². The lowest BCUT2D eigenvalue weighted by Gasteiger charge is -2.02. The largest absolute Gasteiger partial charge is 0.340 e. The summed E-state index contributed by atoms with van der Waals surface area (Å²) < 4.78 is 0. The first-order chi connectivity index (χ1) is 9.31. The van der Waals surface area contributed by atoms with E-state index in [4.69, 9.17) is 0 Å². The molecule has 0 aliphatic heterocycles. The zero-order chi connectivity index (χ0) is 14.1. The fourth-order valence-electron chi connectivity index (χ4n) is 1.50. The van der Waals surface area contributed by atoms with Crippen LogP contribution in [0.1, 0.15) is 31.3 Å². The van der Waals surface area contributed by atoms with Crippen LogP contribution in [0.4, 0.5) is 0 Å². The van der Waals surface area contributed by atoms with Crippen molar-refractivity contribution in [3.8, 4) is 11.8 Å². The van der Waals surface area contributed by atoms with Crippen LogP contribution in [-0.2, 0) is 0 Å². The summed E-state index contributed by atoms with van der Waals surface area (Å²) in [5.41, 5.74) is 1.24. The smallest absolute Gasteiger partial charge is 0.270 e. The molecule has 0 saturated heterocycles. The lowest BCUT2D eigenvalue weighted by atomic mass is 10.2. The Morgan fingerprint density at radius 1 is 1.21 bits per heavy atom. The number of carbonyl (C=O) groups excluding carboxylic acids is 1. The highest BCUT2D eigenvalue weighted by Gasteiger charge is 2.06. The van der Waals surface area contributed by atoms with Gasteiger partial charge in [-0.1, -0.05) is 44.0 Å². The monoisotopic (exact) mass is 254 g/mol. The average Bonchev–Trinajstić information content (AvgIpc) is 2.49. The molecule has 98 valence electrons. The average molecular weight is 254 g/mol. The molecule has 19 heavy (non-hydrogen) atoms. The van der Waals surface area contributed by atoms with Crippen LogP contribution in [-0.4, -0.2) is 17.4 Å². The molecule has 0 fully saturated rings. The van der Waals surface area contributed by atoms with Gasteiger partial charge in [0.2, 0.25) is 0 Å². The number of para-hydroxylation sites is 1. The Balaban J connectivity index is 0.000000861. The highest BCUT2D eigenvalue weighted by atomic mass is 16.1. The topological polar surface area (TPSA) is 42.0 Å². The van der Waals surface area contributed by atoms with Crippen molar-refractivity contribution >= 4 is 16.8 Å². The summed E-state index contributed by atoms with van der Waals surface area (Å²) in [6, 6.07) is 11.3. The molecule has 3 heteroatoms. The lowest BCUT2D eigenvalue weighted by molar-refractivity contribution is 0.0954. The Hall–Kier alpha value is -2.34. The number of fused-ring (bicyclic) bond motifs is 1. The standard InChI is InChI=1S/C14H12N2O.C2H6/c1-2-3-10-15-14(17)13-9-8-11-6-4-5-7-12(11)16-13;1-2/h4-9H,10H2,1H3,(H,15,17);1-2H3. The Morgan fingerprint density at radius 3 is 2.68 bits per heavy atom. The Morgan fingerprint density at radius 2 is 1.95 bits per heavy atom. The molecule has 1 aromatic heterocycles. The second kappa shape index (κ2) is 7.88. The SMILES string of the molecule is CC.CC#CCNC(=O)c1ccc2ccccc2n1. The van der Waals surface area contributed by atoms with Crippen LogP contribution >= 0.6 is 0 Å². The number of benzene rings is 1. The molecule has 1 N–H and O–H groups in total. The number of aromatic nitrogens is 1. The maximum absolute atomic E-state index is 11.7. The molecule has 0 bridgehead atoms. The van der Waals surface area contributed by atoms with Crippen molar-refractivity contribution in [2.24, 2.45) is 0 Å². The summed E-state index contributed by atoms with van der Waals surface area (Å²) in [4.78, 5) is 16.0. The lowest BCUT2D eigenvalue weighted by Crippen LogP contribution is -2.24. The number of hydrogen-bond donors (Lipinski definition) is 1. The molecule has 0 saturated carbocycles. The number of pyridine rings is 1. The molecule has 0 radical (unpaired) electrons. The summed E-state index contributed by atoms with van der Waals surface area (Å²) in [6.45, 7) is 6.09. The molecule has 0 aliphatic carbocycles. The Kier molecular flexibility index (Phi) is 6.11. The summed E-state index contributed by atoms with van der Waals surface area (Å²) >= 11 is 0. The van der Waals surface area contributed by atoms with E-state index in [-0.39, 0.29) is 5.91 Å². The molecule has 1 amide bonds. The van der Waals surface area contributed by atoms with E-state index in [9.17, 15) is 4.79 Å². The van der Waals surface area contributed by atoms with Crippen LogP contribution in [0.25, 0.3) is 10.9 Å². The summed E-state index contributed by atoms with van der Waals surface area (Å²) in [5, 5.41) is 3.71. The van der Waals surface area contributed by atoms with Gasteiger partial charge in [0.15, 0.2) is 0 Å². The van der Waals surface area contributed by atoms with Gasteiger partial charge in [-0.25, -0.2) is 4.98 Å². The second-order valence-corrected chi connectivity index (χ2v) is 3.50. The van der Waals surface area contributed by atoms with Crippen molar-refractivity contribution in [1.29, 1.82) is 0 Å². The fraction of sp³-hybridized carbons (Fsp3) is 0.250. The minimum absolute atomic E-state index is 0.196. The van der Waals surface area contributed by atoms with Crippen molar-refractivity contribution in [3.05, 3.63) is 42.1 Å². The van der Waals surface area contributed by atoms with Crippen LogP contribution in [0.3, 0.4) is 0 Å². The Labute approximate surface area is 114 Å². The van der Waals surface area contributed by atoms with E-state index in [1.807, 2.05) is 44.2 Å². The molecule has 2 rings (SSSR count). The summed E-state index contributed by atoms with van der Waals surface area (Å²) in [6.07, 6.45) is 0. The van der Waals surface area contributed by atoms with E-state index in [1.165, 1.54) is 0 Å². The van der Waals surface area contributed by atoms with Gasteiger partial charge >= 0.3 is 0 Å². The van der Waals surface area contributed by atoms with Crippen molar-refractivity contribution < 1.29 is 4.79 Å². The molecule has 0 aliphatic rings. The number of amides is 1. The fourth-order valence-corrected chi connectivity index (χ4v) is 1.50. The van der Waals surface area contributed by atoms with Gasteiger partial charge in [0.25, 0.3) is 5.91 Å². The first-order valence-electron chi connectivity index (χ1n) is 6.35. The van der Waals surface area contributed by atoms with Gasteiger partial charge in [-0.15, -0.1) is 5.92 Å². The predicted molar refractivity (Wildman–Crippen MR) is 78.9 cm³/mol. The maximum Gasteiger partial charge on any atom is 0.270 e. The van der Waals surface area contributed by atoms with Crippen LogP contribution < -0.4 is 5.32 Å². The van der Waals surface area contributed by atoms with Gasteiger partial charge in [0.05, 0.1) is 12.1 Å². The number of hydrogen-bond acceptors (Lipinski definition) is 2. The minimum atomic E-state index is -0.196. The summed E-state index contributed by atoms with van der Waals surface area (Å²) in [5.74, 6) is 5.30. The van der Waals surface area contributed by atoms with E-state index in [0.717, 1.165) is 10.9 Å². The van der Waals surface area contributed by atoms with Crippen molar-refractivity contribution in [1.82, 2.24) is 10.3 Å². The zero-order valence-corrected chi connectivity index (χ0v) is 11.5. The first kappa shape index (κ1) is 14.7. The third kappa shape index (κ3) is 4.11. The van der Waals surface area contributed by atoms with Crippen molar-refractivity contribution in [2.75, 3.05) is 6.54 Å². The van der Waals surface area contributed by atoms with Crippen molar-refractivity contribution in [3.63, 3.8) is 0 Å². The van der Waals surface area contributed by atoms with Crippen LogP contribution in [0.5, 0.6) is 0 Å². The number of nitrogens with one attached hydrogen (secondary N) is 1. The van der Waals surface area contributed by atoms with E-state index in [1.54, 1.807) is 13.0 Å². The highest BCUT2D eigenvalue weighted by Crippen LogP contribution is 2.11. The van der Waals surface area contributed by atoms with Crippen LogP contribution in [0.2, 0.25) is 0 Å². The molecule has 0 atom stereocenters. The van der Waals surface area contributed by atoms with Crippen LogP contribution in [0, 0.1) is 11.8 Å². The van der Waals surface area contributed by atoms with Crippen LogP contribution in [0.15, 0.2) is 36.4 Å². The van der Waals surface area contributed by atoms with E-state index < -0.39 is 0 Å². The number of nitrogens with zero attached hydrogens (tertiary/aromatic N) is 1. The van der Waals surface area contributed by atoms with E-state index in [2.05, 4.69) is 22.1 Å². The molecular weight excluding hydrogens is 236 g/mol. The van der Waals surface area contributed by atoms with Gasteiger partial charge in [0, 0.05) is 5.39 Å². The highest BCUT2D eigenvalue weighted by molar-refractivity contribution is 5.94. The quantitative estimate of drug-likeness (QED) is 0.837. The predicted octanol–water partition coefficient (Wildman–Crippen LogP) is 3.01.